The predicted molar refractivity (Wildman–Crippen MR) is 69.7 cm³/mol. The van der Waals surface area contributed by atoms with Gasteiger partial charge in [0, 0.05) is 13.0 Å². The van der Waals surface area contributed by atoms with Crippen LogP contribution >= 0.6 is 0 Å². The molecule has 0 aliphatic carbocycles. The third-order valence-electron chi connectivity index (χ3n) is 3.33. The van der Waals surface area contributed by atoms with Crippen LogP contribution < -0.4 is 5.32 Å². The summed E-state index contributed by atoms with van der Waals surface area (Å²) >= 11 is 0. The van der Waals surface area contributed by atoms with Crippen molar-refractivity contribution in [3.8, 4) is 0 Å². The molecule has 1 aliphatic heterocycles. The molecule has 0 amide bonds. The summed E-state index contributed by atoms with van der Waals surface area (Å²) in [5, 5.41) is 16.6. The number of hydrogen-bond acceptors (Lipinski definition) is 5. The molecule has 1 fully saturated rings. The van der Waals surface area contributed by atoms with Crippen molar-refractivity contribution in [3.05, 3.63) is 47.1 Å². The molecule has 1 saturated heterocycles. The molecule has 0 bridgehead atoms. The molecule has 100 valence electrons. The van der Waals surface area contributed by atoms with Crippen LogP contribution in [-0.4, -0.2) is 27.9 Å². The van der Waals surface area contributed by atoms with Gasteiger partial charge in [0.1, 0.15) is 0 Å². The monoisotopic (exact) mass is 259 g/mol. The van der Waals surface area contributed by atoms with Crippen LogP contribution in [0, 0.1) is 6.92 Å². The molecule has 2 heterocycles. The highest BCUT2D eigenvalue weighted by Gasteiger charge is 2.27. The summed E-state index contributed by atoms with van der Waals surface area (Å²) < 4.78 is 5.26. The molecular weight excluding hydrogens is 242 g/mol. The molecule has 3 rings (SSSR count). The third kappa shape index (κ3) is 2.83. The van der Waals surface area contributed by atoms with Crippen molar-refractivity contribution in [2.75, 3.05) is 6.54 Å². The Labute approximate surface area is 111 Å². The maximum absolute atomic E-state index is 9.48. The summed E-state index contributed by atoms with van der Waals surface area (Å²) in [7, 11) is 0. The van der Waals surface area contributed by atoms with Crippen molar-refractivity contribution in [1.82, 2.24) is 15.5 Å². The first kappa shape index (κ1) is 12.3. The Hall–Kier alpha value is -1.72. The van der Waals surface area contributed by atoms with E-state index in [9.17, 15) is 5.11 Å². The van der Waals surface area contributed by atoms with Gasteiger partial charge < -0.3 is 14.9 Å². The van der Waals surface area contributed by atoms with Crippen molar-refractivity contribution in [1.29, 1.82) is 0 Å². The van der Waals surface area contributed by atoms with E-state index in [1.54, 1.807) is 0 Å². The number of aliphatic hydroxyl groups is 1. The van der Waals surface area contributed by atoms with E-state index >= 15 is 0 Å². The highest BCUT2D eigenvalue weighted by Crippen LogP contribution is 2.22. The second-order valence-corrected chi connectivity index (χ2v) is 5.07. The van der Waals surface area contributed by atoms with Crippen LogP contribution in [0.3, 0.4) is 0 Å². The van der Waals surface area contributed by atoms with Crippen LogP contribution in [0.5, 0.6) is 0 Å². The van der Waals surface area contributed by atoms with Gasteiger partial charge in [0.05, 0.1) is 12.1 Å². The molecule has 5 heteroatoms. The number of nitrogens with one attached hydrogen (secondary N) is 1. The fourth-order valence-electron chi connectivity index (χ4n) is 2.39. The molecule has 19 heavy (non-hydrogen) atoms. The molecule has 0 unspecified atom stereocenters. The first-order chi connectivity index (χ1) is 9.20. The highest BCUT2D eigenvalue weighted by atomic mass is 16.5. The predicted octanol–water partition coefficient (Wildman–Crippen LogP) is 1.36. The first-order valence-electron chi connectivity index (χ1n) is 6.50. The topological polar surface area (TPSA) is 71.2 Å². The lowest BCUT2D eigenvalue weighted by Gasteiger charge is -2.01. The smallest absolute Gasteiger partial charge is 0.243 e. The zero-order valence-corrected chi connectivity index (χ0v) is 10.8. The highest BCUT2D eigenvalue weighted by molar-refractivity contribution is 5.24. The summed E-state index contributed by atoms with van der Waals surface area (Å²) in [5.41, 5.74) is 2.40. The van der Waals surface area contributed by atoms with Gasteiger partial charge in [-0.3, -0.25) is 0 Å². The number of aliphatic hydroxyl groups excluding tert-OH is 1. The van der Waals surface area contributed by atoms with Crippen LogP contribution in [0.15, 0.2) is 28.8 Å². The quantitative estimate of drug-likeness (QED) is 0.871. The molecule has 1 aliphatic rings. The van der Waals surface area contributed by atoms with E-state index < -0.39 is 0 Å². The minimum absolute atomic E-state index is 0.0197. The molecule has 1 aromatic carbocycles. The van der Waals surface area contributed by atoms with Gasteiger partial charge in [0.25, 0.3) is 0 Å². The van der Waals surface area contributed by atoms with Crippen LogP contribution in [0.4, 0.5) is 0 Å². The fraction of sp³-hybridized carbons (Fsp3) is 0.429. The number of benzene rings is 1. The average Bonchev–Trinajstić information content (AvgIpc) is 2.98. The number of nitrogens with zero attached hydrogens (tertiary/aromatic N) is 2. The number of β-amino-alcohol motifs (C(OH)–C–C–N with tert-alkyl or cyclic N) is 1. The number of rotatable bonds is 3. The van der Waals surface area contributed by atoms with Crippen LogP contribution in [0.2, 0.25) is 0 Å². The summed E-state index contributed by atoms with van der Waals surface area (Å²) in [4.78, 5) is 4.40. The normalized spacial score (nSPS) is 22.8. The van der Waals surface area contributed by atoms with E-state index in [0.717, 1.165) is 0 Å². The Bertz CT molecular complexity index is 567. The van der Waals surface area contributed by atoms with Crippen LogP contribution in [0.1, 0.15) is 35.3 Å². The van der Waals surface area contributed by atoms with Gasteiger partial charge in [-0.2, -0.15) is 4.98 Å². The fourth-order valence-corrected chi connectivity index (χ4v) is 2.39. The third-order valence-corrected chi connectivity index (χ3v) is 3.33. The minimum Gasteiger partial charge on any atom is -0.392 e. The second-order valence-electron chi connectivity index (χ2n) is 5.07. The van der Waals surface area contributed by atoms with E-state index in [2.05, 4.69) is 40.6 Å². The lowest BCUT2D eigenvalue weighted by molar-refractivity contribution is 0.191. The number of aromatic nitrogens is 2. The van der Waals surface area contributed by atoms with E-state index in [1.807, 2.05) is 6.07 Å². The lowest BCUT2D eigenvalue weighted by atomic mass is 10.1. The molecular formula is C14H17N3O2. The van der Waals surface area contributed by atoms with Crippen molar-refractivity contribution >= 4 is 0 Å². The minimum atomic E-state index is -0.322. The Balaban J connectivity index is 1.71. The van der Waals surface area contributed by atoms with E-state index in [1.165, 1.54) is 11.1 Å². The van der Waals surface area contributed by atoms with Gasteiger partial charge in [0.15, 0.2) is 5.82 Å². The van der Waals surface area contributed by atoms with Gasteiger partial charge >= 0.3 is 0 Å². The molecule has 2 aromatic rings. The Kier molecular flexibility index (Phi) is 3.31. The van der Waals surface area contributed by atoms with E-state index in [0.29, 0.717) is 31.1 Å². The van der Waals surface area contributed by atoms with Gasteiger partial charge in [-0.25, -0.2) is 0 Å². The van der Waals surface area contributed by atoms with Gasteiger partial charge in [-0.1, -0.05) is 35.0 Å². The Morgan fingerprint density at radius 1 is 1.47 bits per heavy atom. The number of aryl methyl sites for hydroxylation is 1. The summed E-state index contributed by atoms with van der Waals surface area (Å²) in [6.07, 6.45) is 0.976. The number of hydrogen-bond donors (Lipinski definition) is 2. The summed E-state index contributed by atoms with van der Waals surface area (Å²) in [5.74, 6) is 1.25. The largest absolute Gasteiger partial charge is 0.392 e. The average molecular weight is 259 g/mol. The zero-order valence-electron chi connectivity index (χ0n) is 10.8. The Morgan fingerprint density at radius 3 is 3.11 bits per heavy atom. The molecule has 0 radical (unpaired) electrons. The maximum Gasteiger partial charge on any atom is 0.243 e. The van der Waals surface area contributed by atoms with Crippen LogP contribution in [0.25, 0.3) is 0 Å². The lowest BCUT2D eigenvalue weighted by Crippen LogP contribution is -2.15. The van der Waals surface area contributed by atoms with Gasteiger partial charge in [-0.05, 0) is 18.9 Å². The summed E-state index contributed by atoms with van der Waals surface area (Å²) in [6, 6.07) is 8.25. The van der Waals surface area contributed by atoms with E-state index in [-0.39, 0.29) is 12.1 Å². The zero-order chi connectivity index (χ0) is 13.2. The molecule has 5 nitrogen and oxygen atoms in total. The SMILES string of the molecule is Cc1cccc(Cc2noc([C@H]3C[C@H](O)CN3)n2)c1. The molecule has 2 atom stereocenters. The van der Waals surface area contributed by atoms with E-state index in [4.69, 9.17) is 4.52 Å². The summed E-state index contributed by atoms with van der Waals surface area (Å²) in [6.45, 7) is 2.65. The Morgan fingerprint density at radius 2 is 2.37 bits per heavy atom. The van der Waals surface area contributed by atoms with Gasteiger partial charge in [0.2, 0.25) is 5.89 Å². The second kappa shape index (κ2) is 5.11. The van der Waals surface area contributed by atoms with Crippen molar-refractivity contribution in [2.45, 2.75) is 31.9 Å². The first-order valence-corrected chi connectivity index (χ1v) is 6.50. The molecule has 1 aromatic heterocycles. The van der Waals surface area contributed by atoms with Gasteiger partial charge in [-0.15, -0.1) is 0 Å². The van der Waals surface area contributed by atoms with Crippen molar-refractivity contribution in [3.63, 3.8) is 0 Å². The molecule has 0 saturated carbocycles. The van der Waals surface area contributed by atoms with Crippen molar-refractivity contribution in [2.24, 2.45) is 0 Å². The standard InChI is InChI=1S/C14H17N3O2/c1-9-3-2-4-10(5-9)6-13-16-14(19-17-13)12-7-11(18)8-15-12/h2-5,11-12,15,18H,6-8H2,1H3/t11-,12+/m0/s1. The molecule has 0 spiro atoms. The van der Waals surface area contributed by atoms with Crippen LogP contribution in [-0.2, 0) is 6.42 Å². The molecule has 2 N–H and O–H groups in total. The maximum atomic E-state index is 9.48. The van der Waals surface area contributed by atoms with Crippen molar-refractivity contribution < 1.29 is 9.63 Å².